The maximum Gasteiger partial charge on any atom is 0.341 e. The molecule has 4 N–H and O–H groups in total. The zero-order valence-electron chi connectivity index (χ0n) is 16.7. The van der Waals surface area contributed by atoms with Crippen molar-refractivity contribution >= 4 is 38.3 Å². The van der Waals surface area contributed by atoms with Crippen molar-refractivity contribution in [3.05, 3.63) is 23.3 Å². The van der Waals surface area contributed by atoms with Crippen LogP contribution < -0.4 is 15.1 Å². The summed E-state index contributed by atoms with van der Waals surface area (Å²) in [5.74, 6) is -0.561. The van der Waals surface area contributed by atoms with Crippen molar-refractivity contribution in [2.75, 3.05) is 44.6 Å². The van der Waals surface area contributed by atoms with Gasteiger partial charge in [-0.1, -0.05) is 6.07 Å². The van der Waals surface area contributed by atoms with Crippen LogP contribution >= 0.6 is 11.3 Å². The number of hydrogen-bond acceptors (Lipinski definition) is 5. The topological polar surface area (TPSA) is 84.5 Å². The van der Waals surface area contributed by atoms with Gasteiger partial charge in [0.25, 0.3) is 0 Å². The Labute approximate surface area is 168 Å². The Bertz CT molecular complexity index is 872. The molecule has 0 atom stereocenters. The molecule has 1 saturated heterocycles. The number of carbonyl (C=O) groups is 2. The second kappa shape index (κ2) is 8.89. The van der Waals surface area contributed by atoms with Crippen molar-refractivity contribution < 1.29 is 29.2 Å². The predicted octanol–water partition coefficient (Wildman–Crippen LogP) is 0.0453. The van der Waals surface area contributed by atoms with Crippen LogP contribution in [0.3, 0.4) is 0 Å². The Kier molecular flexibility index (Phi) is 6.53. The predicted molar refractivity (Wildman–Crippen MR) is 109 cm³/mol. The number of carbonyl (C=O) groups excluding carboxylic acids is 2. The van der Waals surface area contributed by atoms with Crippen LogP contribution in [0.2, 0.25) is 0 Å². The third kappa shape index (κ3) is 4.29. The molecule has 2 heterocycles. The summed E-state index contributed by atoms with van der Waals surface area (Å²) in [5.41, 5.74) is 1.18. The van der Waals surface area contributed by atoms with Crippen LogP contribution in [0.4, 0.5) is 5.00 Å². The Balaban J connectivity index is 1.92. The van der Waals surface area contributed by atoms with Crippen LogP contribution in [0.15, 0.2) is 12.1 Å². The number of fused-ring (bicyclic) bond motifs is 1. The third-order valence-corrected chi connectivity index (χ3v) is 6.42. The molecule has 0 saturated carbocycles. The van der Waals surface area contributed by atoms with E-state index in [1.807, 2.05) is 12.1 Å². The molecular weight excluding hydrogens is 378 g/mol. The molecule has 8 heteroatoms. The van der Waals surface area contributed by atoms with E-state index in [4.69, 9.17) is 4.74 Å². The van der Waals surface area contributed by atoms with Crippen molar-refractivity contribution in [1.29, 1.82) is 0 Å². The molecule has 152 valence electrons. The standard InChI is InChI=1S/C20H27N3O4S/c1-4-22-8-10-23(11-9-22)12-14-6-7-15-16(20(26)27-5-2)19(21-13(3)24)28-18(15)17(14)25/h6-7,25H,4-5,8-12H2,1-3H3,(H,21,24)/p+2. The average Bonchev–Trinajstić information content (AvgIpc) is 3.03. The zero-order valence-corrected chi connectivity index (χ0v) is 17.5. The molecule has 0 radical (unpaired) electrons. The number of phenolic OH excluding ortho intramolecular Hbond substituents is 1. The minimum Gasteiger partial charge on any atom is -0.506 e. The number of likely N-dealkylation sites (N-methyl/N-ethyl adjacent to an activating group) is 1. The summed E-state index contributed by atoms with van der Waals surface area (Å²) in [6.45, 7) is 11.9. The summed E-state index contributed by atoms with van der Waals surface area (Å²) in [4.78, 5) is 27.1. The first kappa shape index (κ1) is 20.6. The van der Waals surface area contributed by atoms with Crippen molar-refractivity contribution in [3.63, 3.8) is 0 Å². The van der Waals surface area contributed by atoms with Crippen molar-refractivity contribution in [2.24, 2.45) is 0 Å². The molecule has 1 aliphatic rings. The highest BCUT2D eigenvalue weighted by molar-refractivity contribution is 7.23. The van der Waals surface area contributed by atoms with Gasteiger partial charge in [0.1, 0.15) is 49.0 Å². The van der Waals surface area contributed by atoms with Crippen LogP contribution in [0.5, 0.6) is 5.75 Å². The van der Waals surface area contributed by atoms with Crippen LogP contribution in [-0.4, -0.2) is 56.3 Å². The largest absolute Gasteiger partial charge is 0.506 e. The highest BCUT2D eigenvalue weighted by atomic mass is 32.1. The van der Waals surface area contributed by atoms with Gasteiger partial charge < -0.3 is 25.0 Å². The Morgan fingerprint density at radius 2 is 1.86 bits per heavy atom. The van der Waals surface area contributed by atoms with Crippen LogP contribution in [-0.2, 0) is 16.1 Å². The number of ether oxygens (including phenoxy) is 1. The summed E-state index contributed by atoms with van der Waals surface area (Å²) < 4.78 is 5.77. The van der Waals surface area contributed by atoms with E-state index in [1.165, 1.54) is 23.2 Å². The van der Waals surface area contributed by atoms with Gasteiger partial charge in [-0.3, -0.25) is 4.79 Å². The molecule has 1 aromatic heterocycles. The zero-order chi connectivity index (χ0) is 20.3. The number of rotatable bonds is 6. The van der Waals surface area contributed by atoms with Crippen LogP contribution in [0.25, 0.3) is 10.1 Å². The van der Waals surface area contributed by atoms with E-state index in [2.05, 4.69) is 12.2 Å². The number of aromatic hydroxyl groups is 1. The van der Waals surface area contributed by atoms with Gasteiger partial charge in [0.05, 0.1) is 17.9 Å². The number of anilines is 1. The van der Waals surface area contributed by atoms with Crippen LogP contribution in [0.1, 0.15) is 36.7 Å². The van der Waals surface area contributed by atoms with Gasteiger partial charge in [-0.25, -0.2) is 4.79 Å². The van der Waals surface area contributed by atoms with E-state index in [9.17, 15) is 14.7 Å². The highest BCUT2D eigenvalue weighted by Gasteiger charge is 2.26. The molecule has 1 fully saturated rings. The first-order valence-corrected chi connectivity index (χ1v) is 10.6. The summed E-state index contributed by atoms with van der Waals surface area (Å²) in [6.07, 6.45) is 0. The molecule has 3 rings (SSSR count). The smallest absolute Gasteiger partial charge is 0.341 e. The normalized spacial score (nSPS) is 19.5. The summed E-state index contributed by atoms with van der Waals surface area (Å²) in [7, 11) is 0. The second-order valence-corrected chi connectivity index (χ2v) is 8.21. The highest BCUT2D eigenvalue weighted by Crippen LogP contribution is 2.42. The molecule has 0 aliphatic carbocycles. The van der Waals surface area contributed by atoms with Gasteiger partial charge in [-0.15, -0.1) is 11.3 Å². The van der Waals surface area contributed by atoms with Gasteiger partial charge in [-0.2, -0.15) is 0 Å². The Hall–Kier alpha value is -2.16. The van der Waals surface area contributed by atoms with Gasteiger partial charge in [0.2, 0.25) is 5.91 Å². The maximum atomic E-state index is 12.4. The van der Waals surface area contributed by atoms with Crippen molar-refractivity contribution in [2.45, 2.75) is 27.3 Å². The third-order valence-electron chi connectivity index (χ3n) is 5.29. The monoisotopic (exact) mass is 407 g/mol. The van der Waals surface area contributed by atoms with Gasteiger partial charge >= 0.3 is 5.97 Å². The lowest BCUT2D eigenvalue weighted by Gasteiger charge is -2.29. The van der Waals surface area contributed by atoms with Crippen molar-refractivity contribution in [1.82, 2.24) is 0 Å². The first-order chi connectivity index (χ1) is 13.4. The lowest BCUT2D eigenvalue weighted by Crippen LogP contribution is -3.27. The fourth-order valence-corrected chi connectivity index (χ4v) is 4.94. The molecule has 1 aromatic carbocycles. The number of thiophene rings is 1. The number of amides is 1. The number of benzene rings is 1. The molecule has 0 bridgehead atoms. The fourth-order valence-electron chi connectivity index (χ4n) is 3.74. The van der Waals surface area contributed by atoms with Gasteiger partial charge in [0, 0.05) is 17.9 Å². The average molecular weight is 408 g/mol. The van der Waals surface area contributed by atoms with E-state index >= 15 is 0 Å². The first-order valence-electron chi connectivity index (χ1n) is 9.83. The Morgan fingerprint density at radius 3 is 2.46 bits per heavy atom. The summed E-state index contributed by atoms with van der Waals surface area (Å²) >= 11 is 1.22. The Morgan fingerprint density at radius 1 is 1.18 bits per heavy atom. The van der Waals surface area contributed by atoms with E-state index in [-0.39, 0.29) is 18.3 Å². The number of nitrogens with one attached hydrogen (secondary N) is 3. The molecule has 0 unspecified atom stereocenters. The number of esters is 1. The summed E-state index contributed by atoms with van der Waals surface area (Å²) in [6, 6.07) is 3.74. The van der Waals surface area contributed by atoms with Gasteiger partial charge in [-0.05, 0) is 19.9 Å². The molecule has 1 amide bonds. The quantitative estimate of drug-likeness (QED) is 0.510. The summed E-state index contributed by atoms with van der Waals surface area (Å²) in [5, 5.41) is 14.6. The molecule has 7 nitrogen and oxygen atoms in total. The second-order valence-electron chi connectivity index (χ2n) is 7.19. The molecular formula is C20H29N3O4S+2. The molecule has 0 spiro atoms. The van der Waals surface area contributed by atoms with Crippen LogP contribution in [0, 0.1) is 0 Å². The SMILES string of the molecule is CCOC(=O)c1c(NC(C)=O)sc2c(O)c(C[NH+]3CC[NH+](CC)CC3)ccc12. The minimum atomic E-state index is -0.492. The van der Waals surface area contributed by atoms with E-state index in [0.29, 0.717) is 20.7 Å². The van der Waals surface area contributed by atoms with Gasteiger partial charge in [0.15, 0.2) is 0 Å². The number of phenols is 1. The maximum absolute atomic E-state index is 12.4. The number of quaternary nitrogens is 2. The fraction of sp³-hybridized carbons (Fsp3) is 0.500. The number of piperazine rings is 1. The van der Waals surface area contributed by atoms with E-state index in [1.54, 1.807) is 11.8 Å². The lowest BCUT2D eigenvalue weighted by molar-refractivity contribution is -1.02. The van der Waals surface area contributed by atoms with E-state index in [0.717, 1.165) is 44.8 Å². The lowest BCUT2D eigenvalue weighted by atomic mass is 10.1. The molecule has 1 aliphatic heterocycles. The number of hydrogen-bond donors (Lipinski definition) is 4. The minimum absolute atomic E-state index is 0.197. The van der Waals surface area contributed by atoms with E-state index < -0.39 is 5.97 Å². The van der Waals surface area contributed by atoms with Crippen molar-refractivity contribution in [3.8, 4) is 5.75 Å². The molecule has 28 heavy (non-hydrogen) atoms. The molecule has 2 aromatic rings.